The molecular formula is C14H16O4. The minimum Gasteiger partial charge on any atom is -0.466 e. The Bertz CT molecular complexity index is 413. The second-order valence-corrected chi connectivity index (χ2v) is 4.02. The van der Waals surface area contributed by atoms with Crippen LogP contribution in [0.2, 0.25) is 0 Å². The fourth-order valence-corrected chi connectivity index (χ4v) is 1.57. The summed E-state index contributed by atoms with van der Waals surface area (Å²) in [6, 6.07) is 9.97. The van der Waals surface area contributed by atoms with Gasteiger partial charge in [0.05, 0.1) is 20.3 Å². The molecule has 96 valence electrons. The maximum atomic E-state index is 10.9. The second-order valence-electron chi connectivity index (χ2n) is 4.02. The normalized spacial score (nSPS) is 22.1. The van der Waals surface area contributed by atoms with Gasteiger partial charge in [0.2, 0.25) is 0 Å². The number of benzene rings is 1. The van der Waals surface area contributed by atoms with Crippen molar-refractivity contribution in [1.82, 2.24) is 0 Å². The van der Waals surface area contributed by atoms with Gasteiger partial charge in [-0.1, -0.05) is 30.3 Å². The predicted octanol–water partition coefficient (Wildman–Crippen LogP) is 1.70. The predicted molar refractivity (Wildman–Crippen MR) is 65.9 cm³/mol. The van der Waals surface area contributed by atoms with E-state index < -0.39 is 0 Å². The van der Waals surface area contributed by atoms with Crippen LogP contribution >= 0.6 is 0 Å². The Kier molecular flexibility index (Phi) is 4.50. The summed E-state index contributed by atoms with van der Waals surface area (Å²) < 4.78 is 15.4. The lowest BCUT2D eigenvalue weighted by Gasteiger charge is -2.01. The van der Waals surface area contributed by atoms with Crippen molar-refractivity contribution in [1.29, 1.82) is 0 Å². The molecule has 4 heteroatoms. The van der Waals surface area contributed by atoms with E-state index in [2.05, 4.69) is 4.74 Å². The van der Waals surface area contributed by atoms with Crippen LogP contribution < -0.4 is 0 Å². The lowest BCUT2D eigenvalue weighted by atomic mass is 10.2. The number of hydrogen-bond donors (Lipinski definition) is 0. The van der Waals surface area contributed by atoms with Gasteiger partial charge in [-0.25, -0.2) is 4.79 Å². The monoisotopic (exact) mass is 248 g/mol. The van der Waals surface area contributed by atoms with E-state index in [0.717, 1.165) is 5.56 Å². The molecule has 0 bridgehead atoms. The molecular weight excluding hydrogens is 232 g/mol. The summed E-state index contributed by atoms with van der Waals surface area (Å²) in [5.74, 6) is -0.366. The van der Waals surface area contributed by atoms with E-state index in [4.69, 9.17) is 9.47 Å². The average molecular weight is 248 g/mol. The van der Waals surface area contributed by atoms with Gasteiger partial charge in [-0.15, -0.1) is 0 Å². The van der Waals surface area contributed by atoms with Gasteiger partial charge in [-0.05, 0) is 11.6 Å². The van der Waals surface area contributed by atoms with E-state index in [9.17, 15) is 4.79 Å². The van der Waals surface area contributed by atoms with Crippen molar-refractivity contribution in [3.05, 3.63) is 48.0 Å². The van der Waals surface area contributed by atoms with Crippen LogP contribution in [0, 0.1) is 0 Å². The van der Waals surface area contributed by atoms with Gasteiger partial charge in [0.1, 0.15) is 12.2 Å². The van der Waals surface area contributed by atoms with Crippen molar-refractivity contribution in [2.75, 3.05) is 13.7 Å². The first-order chi connectivity index (χ1) is 8.79. The quantitative estimate of drug-likeness (QED) is 0.437. The number of rotatable bonds is 6. The molecule has 1 fully saturated rings. The number of carbonyl (C=O) groups excluding carboxylic acids is 1. The molecule has 1 aliphatic heterocycles. The first-order valence-corrected chi connectivity index (χ1v) is 5.83. The van der Waals surface area contributed by atoms with Gasteiger partial charge in [0.15, 0.2) is 0 Å². The minimum absolute atomic E-state index is 0.0279. The number of carbonyl (C=O) groups is 1. The third-order valence-corrected chi connectivity index (χ3v) is 2.64. The van der Waals surface area contributed by atoms with Gasteiger partial charge in [-0.2, -0.15) is 0 Å². The van der Waals surface area contributed by atoms with E-state index in [1.807, 2.05) is 30.3 Å². The first kappa shape index (κ1) is 12.8. The first-order valence-electron chi connectivity index (χ1n) is 5.83. The Morgan fingerprint density at radius 1 is 1.39 bits per heavy atom. The van der Waals surface area contributed by atoms with Gasteiger partial charge in [0, 0.05) is 6.08 Å². The largest absolute Gasteiger partial charge is 0.466 e. The summed E-state index contributed by atoms with van der Waals surface area (Å²) >= 11 is 0. The molecule has 0 amide bonds. The van der Waals surface area contributed by atoms with E-state index in [-0.39, 0.29) is 18.2 Å². The average Bonchev–Trinajstić information content (AvgIpc) is 3.16. The van der Waals surface area contributed by atoms with Crippen LogP contribution in [0.5, 0.6) is 0 Å². The van der Waals surface area contributed by atoms with E-state index >= 15 is 0 Å². The van der Waals surface area contributed by atoms with E-state index in [1.165, 1.54) is 13.2 Å². The Labute approximate surface area is 106 Å². The van der Waals surface area contributed by atoms with Crippen LogP contribution in [0.25, 0.3) is 0 Å². The summed E-state index contributed by atoms with van der Waals surface area (Å²) in [6.07, 6.45) is 3.10. The standard InChI is InChI=1S/C14H16O4/c1-16-14(15)8-7-12-13(18-12)10-17-9-11-5-3-2-4-6-11/h2-8,12-13H,9-10H2,1H3/b8-7-/t12-,13+/m1/s1. The Morgan fingerprint density at radius 2 is 2.17 bits per heavy atom. The number of esters is 1. The van der Waals surface area contributed by atoms with Crippen molar-refractivity contribution < 1.29 is 19.0 Å². The van der Waals surface area contributed by atoms with Crippen molar-refractivity contribution in [2.24, 2.45) is 0 Å². The highest BCUT2D eigenvalue weighted by atomic mass is 16.6. The molecule has 1 saturated heterocycles. The van der Waals surface area contributed by atoms with E-state index in [1.54, 1.807) is 6.08 Å². The maximum absolute atomic E-state index is 10.9. The Hall–Kier alpha value is -1.65. The molecule has 1 heterocycles. The number of methoxy groups -OCH3 is 1. The van der Waals surface area contributed by atoms with Gasteiger partial charge < -0.3 is 14.2 Å². The van der Waals surface area contributed by atoms with Crippen molar-refractivity contribution >= 4 is 5.97 Å². The molecule has 4 nitrogen and oxygen atoms in total. The molecule has 18 heavy (non-hydrogen) atoms. The molecule has 0 N–H and O–H groups in total. The molecule has 1 aromatic carbocycles. The molecule has 0 aliphatic carbocycles. The zero-order valence-electron chi connectivity index (χ0n) is 10.2. The molecule has 1 aliphatic rings. The van der Waals surface area contributed by atoms with E-state index in [0.29, 0.717) is 13.2 Å². The number of epoxide rings is 1. The van der Waals surface area contributed by atoms with Crippen LogP contribution in [0.15, 0.2) is 42.5 Å². The summed E-state index contributed by atoms with van der Waals surface area (Å²) in [7, 11) is 1.35. The van der Waals surface area contributed by atoms with Crippen LogP contribution in [0.3, 0.4) is 0 Å². The molecule has 0 aromatic heterocycles. The molecule has 0 radical (unpaired) electrons. The maximum Gasteiger partial charge on any atom is 0.330 e. The van der Waals surface area contributed by atoms with Crippen LogP contribution in [-0.2, 0) is 25.6 Å². The second kappa shape index (κ2) is 6.33. The minimum atomic E-state index is -0.366. The van der Waals surface area contributed by atoms with Crippen LogP contribution in [0.1, 0.15) is 5.56 Å². The number of ether oxygens (including phenoxy) is 3. The van der Waals surface area contributed by atoms with Crippen molar-refractivity contribution in [3.8, 4) is 0 Å². The summed E-state index contributed by atoms with van der Waals surface area (Å²) in [5, 5.41) is 0. The molecule has 0 spiro atoms. The number of hydrogen-bond acceptors (Lipinski definition) is 4. The molecule has 0 unspecified atom stereocenters. The fourth-order valence-electron chi connectivity index (χ4n) is 1.57. The highest BCUT2D eigenvalue weighted by Gasteiger charge is 2.36. The van der Waals surface area contributed by atoms with Crippen LogP contribution in [-0.4, -0.2) is 31.9 Å². The molecule has 0 saturated carbocycles. The highest BCUT2D eigenvalue weighted by molar-refractivity contribution is 5.81. The lowest BCUT2D eigenvalue weighted by molar-refractivity contribution is -0.134. The van der Waals surface area contributed by atoms with Crippen molar-refractivity contribution in [3.63, 3.8) is 0 Å². The third kappa shape index (κ3) is 3.98. The SMILES string of the molecule is COC(=O)/C=C\[C@H]1O[C@H]1COCc1ccccc1. The zero-order valence-corrected chi connectivity index (χ0v) is 10.2. The smallest absolute Gasteiger partial charge is 0.330 e. The van der Waals surface area contributed by atoms with Gasteiger partial charge in [-0.3, -0.25) is 0 Å². The molecule has 1 aromatic rings. The fraction of sp³-hybridized carbons (Fsp3) is 0.357. The highest BCUT2D eigenvalue weighted by Crippen LogP contribution is 2.23. The Balaban J connectivity index is 1.62. The third-order valence-electron chi connectivity index (χ3n) is 2.64. The van der Waals surface area contributed by atoms with Crippen LogP contribution in [0.4, 0.5) is 0 Å². The molecule has 2 atom stereocenters. The molecule has 2 rings (SSSR count). The summed E-state index contributed by atoms with van der Waals surface area (Å²) in [5.41, 5.74) is 1.14. The topological polar surface area (TPSA) is 48.1 Å². The Morgan fingerprint density at radius 3 is 2.89 bits per heavy atom. The van der Waals surface area contributed by atoms with Gasteiger partial charge >= 0.3 is 5.97 Å². The summed E-state index contributed by atoms with van der Waals surface area (Å²) in [6.45, 7) is 1.11. The lowest BCUT2D eigenvalue weighted by Crippen LogP contribution is -2.04. The summed E-state index contributed by atoms with van der Waals surface area (Å²) in [4.78, 5) is 10.9. The zero-order chi connectivity index (χ0) is 12.8. The van der Waals surface area contributed by atoms with Crippen molar-refractivity contribution in [2.45, 2.75) is 18.8 Å². The van der Waals surface area contributed by atoms with Gasteiger partial charge in [0.25, 0.3) is 0 Å².